The van der Waals surface area contributed by atoms with Crippen LogP contribution in [0.1, 0.15) is 51.8 Å². The van der Waals surface area contributed by atoms with Gasteiger partial charge in [-0.2, -0.15) is 0 Å². The summed E-state index contributed by atoms with van der Waals surface area (Å²) in [6.45, 7) is 7.83. The van der Waals surface area contributed by atoms with Crippen molar-refractivity contribution < 1.29 is 4.74 Å². The second-order valence-electron chi connectivity index (χ2n) is 6.16. The van der Waals surface area contributed by atoms with Gasteiger partial charge in [-0.3, -0.25) is 14.3 Å². The molecule has 1 fully saturated rings. The van der Waals surface area contributed by atoms with Gasteiger partial charge in [-0.15, -0.1) is 0 Å². The molecule has 8 heteroatoms. The van der Waals surface area contributed by atoms with E-state index < -0.39 is 23.2 Å². The monoisotopic (exact) mass is 371 g/mol. The van der Waals surface area contributed by atoms with Crippen LogP contribution < -0.4 is 11.2 Å². The number of nitrogens with zero attached hydrogens (tertiary/aromatic N) is 4. The van der Waals surface area contributed by atoms with Crippen molar-refractivity contribution in [2.45, 2.75) is 52.0 Å². The van der Waals surface area contributed by atoms with Crippen LogP contribution in [0.25, 0.3) is 10.4 Å². The number of nitrogens with one attached hydrogen (secondary N) is 1. The summed E-state index contributed by atoms with van der Waals surface area (Å²) in [6.07, 6.45) is 1.21. The van der Waals surface area contributed by atoms with Gasteiger partial charge < -0.3 is 4.74 Å². The number of azide groups is 1. The number of H-pyrrole nitrogens is 1. The molecule has 0 unspecified atom stereocenters. The molecule has 1 aliphatic heterocycles. The lowest BCUT2D eigenvalue weighted by atomic mass is 9.80. The van der Waals surface area contributed by atoms with E-state index in [4.69, 9.17) is 10.3 Å². The van der Waals surface area contributed by atoms with Gasteiger partial charge in [0.25, 0.3) is 5.56 Å². The number of aromatic nitrogens is 2. The Morgan fingerprint density at radius 2 is 1.93 bits per heavy atom. The average molecular weight is 371 g/mol. The molecular formula is C19H25N5O3. The van der Waals surface area contributed by atoms with Gasteiger partial charge in [0.2, 0.25) is 0 Å². The van der Waals surface area contributed by atoms with E-state index in [1.807, 2.05) is 58.0 Å². The van der Waals surface area contributed by atoms with Gasteiger partial charge in [-0.25, -0.2) is 4.79 Å². The first kappa shape index (κ1) is 20.5. The maximum absolute atomic E-state index is 12.2. The van der Waals surface area contributed by atoms with Crippen LogP contribution in [0.5, 0.6) is 0 Å². The molecule has 2 heterocycles. The minimum absolute atomic E-state index is 0.156. The molecule has 0 aliphatic carbocycles. The Bertz CT molecular complexity index is 917. The molecule has 144 valence electrons. The van der Waals surface area contributed by atoms with Crippen molar-refractivity contribution in [3.8, 4) is 0 Å². The minimum atomic E-state index is -1.10. The van der Waals surface area contributed by atoms with Crippen LogP contribution >= 0.6 is 0 Å². The maximum atomic E-state index is 12.2. The Morgan fingerprint density at radius 1 is 1.26 bits per heavy atom. The van der Waals surface area contributed by atoms with Crippen molar-refractivity contribution in [3.05, 3.63) is 79.4 Å². The van der Waals surface area contributed by atoms with Crippen molar-refractivity contribution in [2.75, 3.05) is 0 Å². The molecule has 1 aromatic carbocycles. The fourth-order valence-corrected chi connectivity index (χ4v) is 3.66. The van der Waals surface area contributed by atoms with Crippen molar-refractivity contribution in [1.82, 2.24) is 9.55 Å². The molecular weight excluding hydrogens is 346 g/mol. The van der Waals surface area contributed by atoms with Gasteiger partial charge in [-0.05, 0) is 17.5 Å². The van der Waals surface area contributed by atoms with Gasteiger partial charge in [0.05, 0.1) is 0 Å². The topological polar surface area (TPSA) is 113 Å². The number of rotatable bonds is 4. The van der Waals surface area contributed by atoms with E-state index in [9.17, 15) is 9.59 Å². The Morgan fingerprint density at radius 3 is 2.48 bits per heavy atom. The molecule has 8 nitrogen and oxygen atoms in total. The van der Waals surface area contributed by atoms with Gasteiger partial charge in [-0.1, -0.05) is 63.1 Å². The first-order valence-corrected chi connectivity index (χ1v) is 9.13. The van der Waals surface area contributed by atoms with Crippen LogP contribution in [-0.2, 0) is 4.74 Å². The molecule has 0 bridgehead atoms. The van der Waals surface area contributed by atoms with E-state index in [2.05, 4.69) is 15.0 Å². The number of aromatic amines is 1. The quantitative estimate of drug-likeness (QED) is 0.499. The third-order valence-electron chi connectivity index (χ3n) is 4.79. The van der Waals surface area contributed by atoms with E-state index in [0.717, 1.165) is 5.56 Å². The van der Waals surface area contributed by atoms with E-state index >= 15 is 0 Å². The first-order valence-electron chi connectivity index (χ1n) is 9.13. The van der Waals surface area contributed by atoms with Crippen molar-refractivity contribution >= 4 is 0 Å². The van der Waals surface area contributed by atoms with Crippen LogP contribution in [0, 0.1) is 5.92 Å². The summed E-state index contributed by atoms with van der Waals surface area (Å²) in [5.74, 6) is -0.380. The molecule has 2 aromatic rings. The van der Waals surface area contributed by atoms with Crippen LogP contribution in [0.2, 0.25) is 0 Å². The van der Waals surface area contributed by atoms with Crippen molar-refractivity contribution in [1.29, 1.82) is 0 Å². The predicted molar refractivity (Wildman–Crippen MR) is 103 cm³/mol. The lowest BCUT2D eigenvalue weighted by Crippen LogP contribution is -2.34. The highest BCUT2D eigenvalue weighted by Crippen LogP contribution is 2.53. The van der Waals surface area contributed by atoms with Gasteiger partial charge in [0, 0.05) is 29.0 Å². The molecule has 1 aromatic heterocycles. The Hall–Kier alpha value is -2.83. The summed E-state index contributed by atoms with van der Waals surface area (Å²) < 4.78 is 7.48. The van der Waals surface area contributed by atoms with E-state index in [1.165, 1.54) is 16.8 Å². The van der Waals surface area contributed by atoms with Crippen LogP contribution in [-0.4, -0.2) is 15.3 Å². The second-order valence-corrected chi connectivity index (χ2v) is 6.16. The number of hydrogen-bond acceptors (Lipinski definition) is 4. The zero-order valence-corrected chi connectivity index (χ0v) is 16.0. The predicted octanol–water partition coefficient (Wildman–Crippen LogP) is 3.93. The van der Waals surface area contributed by atoms with Gasteiger partial charge >= 0.3 is 5.69 Å². The molecule has 4 atom stereocenters. The Kier molecular flexibility index (Phi) is 6.60. The minimum Gasteiger partial charge on any atom is -0.344 e. The molecule has 1 aliphatic rings. The lowest BCUT2D eigenvalue weighted by Gasteiger charge is -2.29. The average Bonchev–Trinajstić information content (AvgIpc) is 2.97. The third-order valence-corrected chi connectivity index (χ3v) is 4.79. The highest BCUT2D eigenvalue weighted by Gasteiger charge is 2.53. The molecule has 3 rings (SSSR count). The zero-order valence-electron chi connectivity index (χ0n) is 16.0. The van der Waals surface area contributed by atoms with Gasteiger partial charge in [0.15, 0.2) is 5.72 Å². The van der Waals surface area contributed by atoms with Gasteiger partial charge in [0.1, 0.15) is 6.23 Å². The maximum Gasteiger partial charge on any atom is 0.330 e. The number of benzene rings is 1. The summed E-state index contributed by atoms with van der Waals surface area (Å²) in [4.78, 5) is 28.8. The van der Waals surface area contributed by atoms with Crippen molar-refractivity contribution in [3.63, 3.8) is 0 Å². The fourth-order valence-electron chi connectivity index (χ4n) is 3.66. The second kappa shape index (κ2) is 8.70. The van der Waals surface area contributed by atoms with Crippen LogP contribution in [0.15, 0.2) is 57.3 Å². The van der Waals surface area contributed by atoms with Crippen LogP contribution in [0.4, 0.5) is 0 Å². The molecule has 0 spiro atoms. The SMILES string of the molecule is CC.CC[C@@]1(N=[N+]=[N-])O[C@@H](n2ccc(=O)[nH]c2=O)[C@@H](C)[C@@H]1c1ccccc1. The summed E-state index contributed by atoms with van der Waals surface area (Å²) in [7, 11) is 0. The summed E-state index contributed by atoms with van der Waals surface area (Å²) in [5.41, 5.74) is 7.94. The van der Waals surface area contributed by atoms with Crippen molar-refractivity contribution in [2.24, 2.45) is 11.0 Å². The zero-order chi connectivity index (χ0) is 20.0. The summed E-state index contributed by atoms with van der Waals surface area (Å²) in [5, 5.41) is 3.98. The number of ether oxygens (including phenoxy) is 1. The summed E-state index contributed by atoms with van der Waals surface area (Å²) in [6, 6.07) is 10.9. The molecule has 0 amide bonds. The van der Waals surface area contributed by atoms with E-state index in [-0.39, 0.29) is 11.8 Å². The third kappa shape index (κ3) is 3.82. The first-order chi connectivity index (χ1) is 13.0. The number of hydrogen-bond donors (Lipinski definition) is 1. The van der Waals surface area contributed by atoms with Crippen LogP contribution in [0.3, 0.4) is 0 Å². The molecule has 27 heavy (non-hydrogen) atoms. The molecule has 1 saturated heterocycles. The molecule has 0 saturated carbocycles. The molecule has 1 N–H and O–H groups in total. The fraction of sp³-hybridized carbons (Fsp3) is 0.474. The van der Waals surface area contributed by atoms with E-state index in [0.29, 0.717) is 6.42 Å². The smallest absolute Gasteiger partial charge is 0.330 e. The Labute approximate surface area is 157 Å². The highest BCUT2D eigenvalue weighted by atomic mass is 16.5. The molecule has 0 radical (unpaired) electrons. The van der Waals surface area contributed by atoms with E-state index in [1.54, 1.807) is 0 Å². The normalized spacial score (nSPS) is 26.6. The Balaban J connectivity index is 0.00000126. The standard InChI is InChI=1S/C17H19N5O3.C2H6/c1-3-17(20-21-18)14(12-7-5-4-6-8-12)11(2)15(25-17)22-10-9-13(23)19-16(22)24;1-2/h4-11,14-15H,3H2,1-2H3,(H,19,23,24);1-2H3/t11-,14+,15+,17+;/m0./s1. The lowest BCUT2D eigenvalue weighted by molar-refractivity contribution is -0.0812. The largest absolute Gasteiger partial charge is 0.344 e. The summed E-state index contributed by atoms with van der Waals surface area (Å²) >= 11 is 0. The highest BCUT2D eigenvalue weighted by molar-refractivity contribution is 5.26.